The van der Waals surface area contributed by atoms with Crippen molar-refractivity contribution in [3.63, 3.8) is 0 Å². The van der Waals surface area contributed by atoms with Crippen molar-refractivity contribution in [3.05, 3.63) is 12.2 Å². The third-order valence-corrected chi connectivity index (χ3v) is 3.33. The Hall–Kier alpha value is -0.251. The van der Waals surface area contributed by atoms with Gasteiger partial charge >= 0.3 is 55.0 Å². The molecule has 0 fully saturated rings. The number of nitriles is 1. The van der Waals surface area contributed by atoms with Gasteiger partial charge < -0.3 is 0 Å². The van der Waals surface area contributed by atoms with Crippen LogP contribution in [0.5, 0.6) is 0 Å². The third kappa shape index (κ3) is 1.36. The van der Waals surface area contributed by atoms with Gasteiger partial charge in [-0.25, -0.2) is 0 Å². The van der Waals surface area contributed by atoms with E-state index in [1.807, 2.05) is 0 Å². The van der Waals surface area contributed by atoms with E-state index in [0.29, 0.717) is 19.8 Å². The third-order valence-electron chi connectivity index (χ3n) is 1.05. The summed E-state index contributed by atoms with van der Waals surface area (Å²) < 4.78 is 0. The molecule has 0 radical (unpaired) electrons. The molecule has 1 rings (SSSR count). The number of hydrogen-bond donors (Lipinski definition) is 0. The summed E-state index contributed by atoms with van der Waals surface area (Å²) in [4.78, 5) is 0.368. The Kier molecular flexibility index (Phi) is 2.14. The van der Waals surface area contributed by atoms with E-state index < -0.39 is 0 Å². The molecule has 1 unspecified atom stereocenters. The first kappa shape index (κ1) is 5.88. The predicted octanol–water partition coefficient (Wildman–Crippen LogP) is 1.38. The molecule has 0 bridgehead atoms. The van der Waals surface area contributed by atoms with Crippen molar-refractivity contribution < 1.29 is 0 Å². The van der Waals surface area contributed by atoms with Crippen LogP contribution in [0, 0.1) is 11.3 Å². The van der Waals surface area contributed by atoms with Crippen LogP contribution in [-0.4, -0.2) is 15.0 Å². The van der Waals surface area contributed by atoms with Crippen molar-refractivity contribution in [3.8, 4) is 6.07 Å². The molecule has 0 saturated heterocycles. The average Bonchev–Trinajstić information content (AvgIpc) is 1.90. The zero-order valence-corrected chi connectivity index (χ0v) is 6.21. The second kappa shape index (κ2) is 2.91. The van der Waals surface area contributed by atoms with Gasteiger partial charge in [0.05, 0.1) is 0 Å². The monoisotopic (exact) mass is 173 g/mol. The quantitative estimate of drug-likeness (QED) is 0.400. The molecule has 1 atom stereocenters. The molecular formula is C6H7NSe. The van der Waals surface area contributed by atoms with Crippen molar-refractivity contribution in [1.82, 2.24) is 0 Å². The molecule has 0 spiro atoms. The first-order chi connectivity index (χ1) is 3.93. The number of hydrogen-bond acceptors (Lipinski definition) is 1. The van der Waals surface area contributed by atoms with Crippen LogP contribution in [0.25, 0.3) is 0 Å². The Morgan fingerprint density at radius 3 is 2.88 bits per heavy atom. The molecule has 0 aromatic carbocycles. The van der Waals surface area contributed by atoms with Crippen molar-refractivity contribution >= 4 is 15.0 Å². The minimum absolute atomic E-state index is 0.368. The van der Waals surface area contributed by atoms with E-state index in [9.17, 15) is 0 Å². The molecule has 2 heteroatoms. The number of nitrogens with zero attached hydrogens (tertiary/aromatic N) is 1. The molecular weight excluding hydrogens is 165 g/mol. The summed E-state index contributed by atoms with van der Waals surface area (Å²) in [5.41, 5.74) is 0. The Morgan fingerprint density at radius 2 is 2.50 bits per heavy atom. The van der Waals surface area contributed by atoms with Crippen LogP contribution in [0.2, 0.25) is 10.1 Å². The van der Waals surface area contributed by atoms with Crippen molar-refractivity contribution in [2.75, 3.05) is 0 Å². The summed E-state index contributed by atoms with van der Waals surface area (Å²) in [5, 5.41) is 9.58. The fraction of sp³-hybridized carbons (Fsp3) is 0.500. The van der Waals surface area contributed by atoms with Gasteiger partial charge in [-0.1, -0.05) is 0 Å². The first-order valence-corrected chi connectivity index (χ1v) is 4.80. The van der Waals surface area contributed by atoms with Crippen LogP contribution in [0.15, 0.2) is 12.2 Å². The maximum atomic E-state index is 8.42. The molecule has 0 saturated carbocycles. The fourth-order valence-corrected chi connectivity index (χ4v) is 2.30. The van der Waals surface area contributed by atoms with Gasteiger partial charge in [0.2, 0.25) is 0 Å². The van der Waals surface area contributed by atoms with Gasteiger partial charge in [0.1, 0.15) is 0 Å². The van der Waals surface area contributed by atoms with E-state index in [0.717, 1.165) is 11.7 Å². The summed E-state index contributed by atoms with van der Waals surface area (Å²) in [6.07, 6.45) is 5.28. The van der Waals surface area contributed by atoms with Crippen LogP contribution in [0.4, 0.5) is 0 Å². The van der Waals surface area contributed by atoms with Crippen molar-refractivity contribution in [2.45, 2.75) is 16.6 Å². The molecule has 1 aliphatic rings. The van der Waals surface area contributed by atoms with Gasteiger partial charge in [-0.15, -0.1) is 0 Å². The van der Waals surface area contributed by atoms with Crippen molar-refractivity contribution in [1.29, 1.82) is 5.26 Å². The van der Waals surface area contributed by atoms with E-state index in [2.05, 4.69) is 18.2 Å². The van der Waals surface area contributed by atoms with E-state index >= 15 is 0 Å². The molecule has 0 aliphatic carbocycles. The SMILES string of the molecule is N#CC1CC=CC[Se]1. The summed E-state index contributed by atoms with van der Waals surface area (Å²) >= 11 is 0.573. The average molecular weight is 172 g/mol. The van der Waals surface area contributed by atoms with Gasteiger partial charge in [0.15, 0.2) is 0 Å². The van der Waals surface area contributed by atoms with Crippen molar-refractivity contribution in [2.24, 2.45) is 0 Å². The molecule has 1 aliphatic heterocycles. The number of allylic oxidation sites excluding steroid dienone is 2. The summed E-state index contributed by atoms with van der Waals surface area (Å²) in [7, 11) is 0. The Morgan fingerprint density at radius 1 is 1.62 bits per heavy atom. The van der Waals surface area contributed by atoms with Crippen LogP contribution < -0.4 is 0 Å². The second-order valence-corrected chi connectivity index (χ2v) is 4.25. The van der Waals surface area contributed by atoms with Crippen LogP contribution in [-0.2, 0) is 0 Å². The zero-order valence-electron chi connectivity index (χ0n) is 4.50. The minimum atomic E-state index is 0.368. The normalized spacial score (nSPS) is 27.1. The van der Waals surface area contributed by atoms with E-state index in [4.69, 9.17) is 5.26 Å². The molecule has 0 amide bonds. The van der Waals surface area contributed by atoms with Gasteiger partial charge in [0, 0.05) is 0 Å². The van der Waals surface area contributed by atoms with Crippen LogP contribution >= 0.6 is 0 Å². The Bertz CT molecular complexity index is 134. The topological polar surface area (TPSA) is 23.8 Å². The standard InChI is InChI=1S/C6H7NSe/c7-5-6-3-1-2-4-8-6/h1-2,6H,3-4H2. The number of rotatable bonds is 0. The predicted molar refractivity (Wildman–Crippen MR) is 33.7 cm³/mol. The Balaban J connectivity index is 2.41. The van der Waals surface area contributed by atoms with Crippen LogP contribution in [0.3, 0.4) is 0 Å². The van der Waals surface area contributed by atoms with E-state index in [1.54, 1.807) is 0 Å². The zero-order chi connectivity index (χ0) is 5.82. The van der Waals surface area contributed by atoms with Crippen LogP contribution in [0.1, 0.15) is 6.42 Å². The molecule has 0 aromatic rings. The summed E-state index contributed by atoms with van der Waals surface area (Å²) in [5.74, 6) is 0. The molecule has 8 heavy (non-hydrogen) atoms. The molecule has 0 N–H and O–H groups in total. The molecule has 0 aromatic heterocycles. The molecule has 1 heterocycles. The summed E-state index contributed by atoms with van der Waals surface area (Å²) in [6.45, 7) is 0. The van der Waals surface area contributed by atoms with Gasteiger partial charge in [-0.2, -0.15) is 0 Å². The van der Waals surface area contributed by atoms with E-state index in [-0.39, 0.29) is 0 Å². The maximum absolute atomic E-state index is 8.42. The molecule has 42 valence electrons. The van der Waals surface area contributed by atoms with Gasteiger partial charge in [0.25, 0.3) is 0 Å². The van der Waals surface area contributed by atoms with Gasteiger partial charge in [-0.3, -0.25) is 0 Å². The van der Waals surface area contributed by atoms with E-state index in [1.165, 1.54) is 0 Å². The second-order valence-electron chi connectivity index (χ2n) is 1.66. The summed E-state index contributed by atoms with van der Waals surface area (Å²) in [6, 6.07) is 2.28. The molecule has 1 nitrogen and oxygen atoms in total. The van der Waals surface area contributed by atoms with Gasteiger partial charge in [-0.05, 0) is 0 Å². The first-order valence-electron chi connectivity index (χ1n) is 2.59. The Labute approximate surface area is 55.5 Å². The fourth-order valence-electron chi connectivity index (χ4n) is 0.618.